The Morgan fingerprint density at radius 1 is 1.09 bits per heavy atom. The van der Waals surface area contributed by atoms with Crippen LogP contribution in [0.5, 0.6) is 5.75 Å². The van der Waals surface area contributed by atoms with Crippen LogP contribution >= 0.6 is 0 Å². The quantitative estimate of drug-likeness (QED) is 0.417. The molecule has 232 valence electrons. The summed E-state index contributed by atoms with van der Waals surface area (Å²) < 4.78 is 12.5. The first-order valence-electron chi connectivity index (χ1n) is 15.3. The number of carbonyl (C=O) groups is 3. The fourth-order valence-electron chi connectivity index (χ4n) is 6.25. The smallest absolute Gasteiger partial charge is 0.319 e. The van der Waals surface area contributed by atoms with E-state index in [0.717, 1.165) is 31.5 Å². The maximum atomic E-state index is 14.0. The largest absolute Gasteiger partial charge is 0.486 e. The number of aromatic nitrogens is 1. The topological polar surface area (TPSA) is 137 Å². The van der Waals surface area contributed by atoms with E-state index in [1.54, 1.807) is 29.2 Å². The van der Waals surface area contributed by atoms with Gasteiger partial charge in [0.15, 0.2) is 5.78 Å². The average Bonchev–Trinajstić information content (AvgIpc) is 3.08. The molecular formula is C34H36N6O5. The Morgan fingerprint density at radius 2 is 1.84 bits per heavy atom. The summed E-state index contributed by atoms with van der Waals surface area (Å²) in [7, 11) is 1.51. The lowest BCUT2D eigenvalue weighted by atomic mass is 9.82. The first kappa shape index (κ1) is 30.1. The second-order valence-corrected chi connectivity index (χ2v) is 11.8. The molecule has 2 saturated heterocycles. The molecule has 3 aliphatic rings. The van der Waals surface area contributed by atoms with Crippen LogP contribution in [0.3, 0.4) is 0 Å². The summed E-state index contributed by atoms with van der Waals surface area (Å²) in [5.41, 5.74) is 1.98. The van der Waals surface area contributed by atoms with Crippen LogP contribution in [0, 0.1) is 11.3 Å². The molecule has 45 heavy (non-hydrogen) atoms. The first-order chi connectivity index (χ1) is 21.9. The van der Waals surface area contributed by atoms with Crippen LogP contribution in [0.25, 0.3) is 0 Å². The molecule has 3 amide bonds. The fraction of sp³-hybridized carbons (Fsp3) is 0.382. The van der Waals surface area contributed by atoms with Crippen molar-refractivity contribution >= 4 is 29.2 Å². The number of hydrogen-bond acceptors (Lipinski definition) is 8. The summed E-state index contributed by atoms with van der Waals surface area (Å²) >= 11 is 0. The van der Waals surface area contributed by atoms with E-state index in [2.05, 4.69) is 38.7 Å². The Labute approximate surface area is 262 Å². The molecule has 2 N–H and O–H groups in total. The number of ether oxygens (including phenoxy) is 2. The van der Waals surface area contributed by atoms with Gasteiger partial charge in [-0.25, -0.2) is 9.78 Å². The summed E-state index contributed by atoms with van der Waals surface area (Å²) in [5, 5.41) is 14.5. The van der Waals surface area contributed by atoms with Crippen LogP contribution in [0.2, 0.25) is 0 Å². The summed E-state index contributed by atoms with van der Waals surface area (Å²) in [6.07, 6.45) is 4.52. The Kier molecular flexibility index (Phi) is 8.67. The van der Waals surface area contributed by atoms with Gasteiger partial charge in [-0.05, 0) is 42.7 Å². The lowest BCUT2D eigenvalue weighted by Gasteiger charge is -2.44. The molecule has 0 unspecified atom stereocenters. The van der Waals surface area contributed by atoms with Crippen molar-refractivity contribution in [1.29, 1.82) is 5.26 Å². The third kappa shape index (κ3) is 6.61. The molecule has 4 heterocycles. The van der Waals surface area contributed by atoms with Gasteiger partial charge in [-0.1, -0.05) is 30.3 Å². The minimum atomic E-state index is -0.700. The Balaban J connectivity index is 1.13. The molecule has 11 nitrogen and oxygen atoms in total. The zero-order valence-corrected chi connectivity index (χ0v) is 25.3. The molecule has 1 aromatic heterocycles. The number of anilines is 2. The molecule has 11 heteroatoms. The van der Waals surface area contributed by atoms with Crippen LogP contribution < -0.4 is 20.3 Å². The van der Waals surface area contributed by atoms with Gasteiger partial charge in [-0.3, -0.25) is 9.59 Å². The normalized spacial score (nSPS) is 17.6. The standard InChI is InChI=1S/C34H36N6O5/c1-36-33(43)38-28-21-37-31(39-13-9-25(10-14-39)44-22-23-5-3-2-4-6-23)18-26(28)32(42)40-15-11-34(12-16-40)19-29(41)27-17-24(20-35)7-8-30(27)45-34/h2-8,17-18,21,25H,9-16,19,22H2,1H3,(H2,36,38,43). The van der Waals surface area contributed by atoms with Crippen LogP contribution in [0.1, 0.15) is 63.9 Å². The number of nitrogens with zero attached hydrogens (tertiary/aromatic N) is 4. The van der Waals surface area contributed by atoms with Crippen molar-refractivity contribution < 1.29 is 23.9 Å². The number of benzene rings is 2. The second kappa shape index (κ2) is 13.0. The van der Waals surface area contributed by atoms with Gasteiger partial charge in [0.05, 0.1) is 53.8 Å². The van der Waals surface area contributed by atoms with Crippen molar-refractivity contribution in [2.24, 2.45) is 0 Å². The van der Waals surface area contributed by atoms with Gasteiger partial charge in [0, 0.05) is 46.1 Å². The van der Waals surface area contributed by atoms with E-state index in [4.69, 9.17) is 9.47 Å². The summed E-state index contributed by atoms with van der Waals surface area (Å²) in [6, 6.07) is 18.4. The maximum Gasteiger partial charge on any atom is 0.319 e. The number of carbonyl (C=O) groups excluding carboxylic acids is 3. The molecule has 3 aromatic rings. The van der Waals surface area contributed by atoms with E-state index in [-0.39, 0.29) is 24.2 Å². The second-order valence-electron chi connectivity index (χ2n) is 11.8. The maximum absolute atomic E-state index is 14.0. The predicted octanol–water partition coefficient (Wildman–Crippen LogP) is 4.53. The SMILES string of the molecule is CNC(=O)Nc1cnc(N2CCC(OCc3ccccc3)CC2)cc1C(=O)N1CCC2(CC1)CC(=O)c1cc(C#N)ccc1O2. The highest BCUT2D eigenvalue weighted by molar-refractivity contribution is 6.04. The molecule has 0 saturated carbocycles. The van der Waals surface area contributed by atoms with Gasteiger partial charge in [-0.2, -0.15) is 5.26 Å². The first-order valence-corrected chi connectivity index (χ1v) is 15.3. The number of urea groups is 1. The van der Waals surface area contributed by atoms with E-state index in [1.807, 2.05) is 18.2 Å². The number of fused-ring (bicyclic) bond motifs is 1. The zero-order chi connectivity index (χ0) is 31.4. The van der Waals surface area contributed by atoms with Crippen LogP contribution in [-0.2, 0) is 11.3 Å². The van der Waals surface area contributed by atoms with Gasteiger partial charge < -0.3 is 29.9 Å². The van der Waals surface area contributed by atoms with Gasteiger partial charge >= 0.3 is 6.03 Å². The van der Waals surface area contributed by atoms with Crippen LogP contribution in [0.4, 0.5) is 16.3 Å². The molecule has 6 rings (SSSR count). The molecular weight excluding hydrogens is 572 g/mol. The van der Waals surface area contributed by atoms with Gasteiger partial charge in [0.25, 0.3) is 5.91 Å². The third-order valence-corrected chi connectivity index (χ3v) is 8.87. The number of nitrogens with one attached hydrogen (secondary N) is 2. The van der Waals surface area contributed by atoms with Crippen molar-refractivity contribution in [3.05, 3.63) is 83.0 Å². The van der Waals surface area contributed by atoms with E-state index >= 15 is 0 Å². The number of ketones is 1. The number of nitriles is 1. The molecule has 3 aliphatic heterocycles. The number of rotatable bonds is 6. The molecule has 2 aromatic carbocycles. The van der Waals surface area contributed by atoms with Crippen molar-refractivity contribution in [1.82, 2.24) is 15.2 Å². The zero-order valence-electron chi connectivity index (χ0n) is 25.3. The lowest BCUT2D eigenvalue weighted by molar-refractivity contribution is -0.00570. The minimum Gasteiger partial charge on any atom is -0.486 e. The lowest BCUT2D eigenvalue weighted by Crippen LogP contribution is -2.52. The monoisotopic (exact) mass is 608 g/mol. The Morgan fingerprint density at radius 3 is 2.56 bits per heavy atom. The number of Topliss-reactive ketones (excluding diaryl/α,β-unsaturated/α-hetero) is 1. The van der Waals surface area contributed by atoms with E-state index in [0.29, 0.717) is 66.5 Å². The number of likely N-dealkylation sites (tertiary alicyclic amines) is 1. The Hall–Kier alpha value is -4.95. The van der Waals surface area contributed by atoms with Gasteiger partial charge in [-0.15, -0.1) is 0 Å². The summed E-state index contributed by atoms with van der Waals surface area (Å²) in [4.78, 5) is 47.7. The predicted molar refractivity (Wildman–Crippen MR) is 167 cm³/mol. The average molecular weight is 609 g/mol. The molecule has 1 spiro atoms. The molecule has 0 bridgehead atoms. The number of hydrogen-bond donors (Lipinski definition) is 2. The summed E-state index contributed by atoms with van der Waals surface area (Å²) in [6.45, 7) is 2.82. The van der Waals surface area contributed by atoms with Crippen molar-refractivity contribution in [2.45, 2.75) is 50.4 Å². The van der Waals surface area contributed by atoms with E-state index in [1.165, 1.54) is 13.2 Å². The third-order valence-electron chi connectivity index (χ3n) is 8.87. The van der Waals surface area contributed by atoms with Crippen molar-refractivity contribution in [3.63, 3.8) is 0 Å². The van der Waals surface area contributed by atoms with E-state index < -0.39 is 11.6 Å². The highest BCUT2D eigenvalue weighted by atomic mass is 16.5. The Bertz CT molecular complexity index is 1620. The highest BCUT2D eigenvalue weighted by Crippen LogP contribution is 2.40. The fourth-order valence-corrected chi connectivity index (χ4v) is 6.25. The van der Waals surface area contributed by atoms with Crippen LogP contribution in [0.15, 0.2) is 60.8 Å². The van der Waals surface area contributed by atoms with Gasteiger partial charge in [0.1, 0.15) is 17.2 Å². The van der Waals surface area contributed by atoms with Crippen molar-refractivity contribution in [2.75, 3.05) is 43.4 Å². The number of amides is 3. The van der Waals surface area contributed by atoms with E-state index in [9.17, 15) is 19.6 Å². The minimum absolute atomic E-state index is 0.0572. The van der Waals surface area contributed by atoms with Gasteiger partial charge in [0.2, 0.25) is 0 Å². The number of piperidine rings is 2. The molecule has 2 fully saturated rings. The molecule has 0 aliphatic carbocycles. The van der Waals surface area contributed by atoms with Crippen LogP contribution in [-0.4, -0.2) is 72.5 Å². The molecule has 0 atom stereocenters. The molecule has 0 radical (unpaired) electrons. The highest BCUT2D eigenvalue weighted by Gasteiger charge is 2.44. The summed E-state index contributed by atoms with van der Waals surface area (Å²) in [5.74, 6) is 0.876. The van der Waals surface area contributed by atoms with Crippen molar-refractivity contribution in [3.8, 4) is 11.8 Å². The number of pyridine rings is 1.